The third kappa shape index (κ3) is 4.95. The number of aromatic amines is 2. The summed E-state index contributed by atoms with van der Waals surface area (Å²) >= 11 is 0. The summed E-state index contributed by atoms with van der Waals surface area (Å²) in [4.78, 5) is 45.9. The molecule has 5 atom stereocenters. The summed E-state index contributed by atoms with van der Waals surface area (Å²) in [5.41, 5.74) is 5.64. The maximum Gasteiger partial charge on any atom is 0.299 e. The van der Waals surface area contributed by atoms with Crippen LogP contribution in [0, 0.1) is 17.3 Å². The number of rotatable bonds is 8. The molecule has 0 radical (unpaired) electrons. The predicted molar refractivity (Wildman–Crippen MR) is 198 cm³/mol. The minimum Gasteiger partial charge on any atom is -0.340 e. The Morgan fingerprint density at radius 1 is 0.962 bits per heavy atom. The van der Waals surface area contributed by atoms with Crippen LogP contribution in [0.2, 0.25) is 0 Å². The first-order valence-electron chi connectivity index (χ1n) is 19.0. The molecule has 10 rings (SSSR count). The third-order valence-electron chi connectivity index (χ3n) is 13.1. The highest BCUT2D eigenvalue weighted by atomic mass is 19.3. The quantitative estimate of drug-likeness (QED) is 0.143. The summed E-state index contributed by atoms with van der Waals surface area (Å²) in [5.74, 6) is -1.04. The number of H-pyrrole nitrogens is 2. The SMILES string of the molecule is CNC(C(=O)N1C2CCC(C2)C1c1nc2ccc(-c3ccc4c(c3)C(F)(F)c3cc(-c5cnc(C6CC7(CC7)CN6C=O)[nH]5)ccc3-4)cc2[nH]1)C(C)C. The molecule has 4 fully saturated rings. The maximum absolute atomic E-state index is 16.4. The second-order valence-electron chi connectivity index (χ2n) is 16.6. The van der Waals surface area contributed by atoms with E-state index in [2.05, 4.69) is 39.0 Å². The molecular formula is C42H43F2N7O2. The average Bonchev–Trinajstić information content (AvgIpc) is 3.80. The maximum atomic E-state index is 16.4. The van der Waals surface area contributed by atoms with Crippen molar-refractivity contribution in [3.05, 3.63) is 83.6 Å². The van der Waals surface area contributed by atoms with Gasteiger partial charge < -0.3 is 25.1 Å². The van der Waals surface area contributed by atoms with Crippen LogP contribution in [0.1, 0.15) is 87.2 Å². The molecule has 5 aromatic rings. The van der Waals surface area contributed by atoms with E-state index >= 15 is 8.78 Å². The Labute approximate surface area is 306 Å². The Hall–Kier alpha value is -4.90. The molecule has 272 valence electrons. The van der Waals surface area contributed by atoms with Gasteiger partial charge in [0.25, 0.3) is 5.92 Å². The van der Waals surface area contributed by atoms with E-state index in [-0.39, 0.29) is 52.5 Å². The number of hydrogen-bond acceptors (Lipinski definition) is 5. The summed E-state index contributed by atoms with van der Waals surface area (Å²) in [6.07, 6.45) is 8.80. The fourth-order valence-corrected chi connectivity index (χ4v) is 10.1. The van der Waals surface area contributed by atoms with Crippen LogP contribution in [-0.4, -0.2) is 67.7 Å². The van der Waals surface area contributed by atoms with Crippen LogP contribution in [0.4, 0.5) is 8.78 Å². The molecule has 4 heterocycles. The van der Waals surface area contributed by atoms with Gasteiger partial charge in [-0.15, -0.1) is 0 Å². The number of imidazole rings is 2. The van der Waals surface area contributed by atoms with Gasteiger partial charge in [0, 0.05) is 29.3 Å². The molecule has 9 nitrogen and oxygen atoms in total. The number of aromatic nitrogens is 4. The molecule has 3 aromatic carbocycles. The molecule has 11 heteroatoms. The summed E-state index contributed by atoms with van der Waals surface area (Å²) < 4.78 is 32.7. The number of carbonyl (C=O) groups excluding carboxylic acids is 2. The Morgan fingerprint density at radius 2 is 1.68 bits per heavy atom. The van der Waals surface area contributed by atoms with Crippen LogP contribution in [0.15, 0.2) is 60.8 Å². The lowest BCUT2D eigenvalue weighted by Gasteiger charge is -2.37. The first-order valence-corrected chi connectivity index (χ1v) is 19.0. The van der Waals surface area contributed by atoms with Crippen molar-refractivity contribution in [3.8, 4) is 33.5 Å². The van der Waals surface area contributed by atoms with E-state index in [9.17, 15) is 9.59 Å². The molecule has 2 aromatic heterocycles. The van der Waals surface area contributed by atoms with Crippen molar-refractivity contribution < 1.29 is 18.4 Å². The van der Waals surface area contributed by atoms with Crippen molar-refractivity contribution in [2.75, 3.05) is 13.6 Å². The fourth-order valence-electron chi connectivity index (χ4n) is 10.1. The minimum absolute atomic E-state index is 0.0134. The van der Waals surface area contributed by atoms with Gasteiger partial charge in [0.05, 0.1) is 41.0 Å². The number of fused-ring (bicyclic) bond motifs is 6. The summed E-state index contributed by atoms with van der Waals surface area (Å²) in [6.45, 7) is 4.88. The van der Waals surface area contributed by atoms with Crippen molar-refractivity contribution in [2.24, 2.45) is 17.3 Å². The lowest BCUT2D eigenvalue weighted by molar-refractivity contribution is -0.139. The zero-order valence-electron chi connectivity index (χ0n) is 30.1. The Morgan fingerprint density at radius 3 is 2.40 bits per heavy atom. The molecule has 5 aliphatic rings. The third-order valence-corrected chi connectivity index (χ3v) is 13.1. The minimum atomic E-state index is -3.19. The number of piperidine rings is 1. The summed E-state index contributed by atoms with van der Waals surface area (Å²) in [6, 6.07) is 16.1. The van der Waals surface area contributed by atoms with Crippen molar-refractivity contribution in [2.45, 2.75) is 82.5 Å². The van der Waals surface area contributed by atoms with Gasteiger partial charge in [-0.2, -0.15) is 8.78 Å². The normalized spacial score (nSPS) is 25.1. The molecular weight excluding hydrogens is 673 g/mol. The Bertz CT molecular complexity index is 2310. The zero-order chi connectivity index (χ0) is 36.4. The smallest absolute Gasteiger partial charge is 0.299 e. The highest BCUT2D eigenvalue weighted by Gasteiger charge is 2.53. The molecule has 2 saturated carbocycles. The predicted octanol–water partition coefficient (Wildman–Crippen LogP) is 7.72. The standard InChI is InChI=1S/C42H43F2N7O2/c1-22(2)36(45-3)40(53)51-27-8-4-26(14-27)37(51)39-47-32-11-7-24(17-33(32)48-39)23-5-9-28-29-10-6-25(16-31(29)42(43,44)30(28)15-23)34-19-46-38(49-34)35-18-41(12-13-41)20-50(35)21-52/h5-7,9-11,15-17,19,21-22,26-27,35-37,45H,4,8,12-14,18,20H2,1-3H3,(H,46,49)(H,47,48). The number of likely N-dealkylation sites (N-methyl/N-ethyl adjacent to an activating group) is 1. The second-order valence-corrected chi connectivity index (χ2v) is 16.6. The fraction of sp³-hybridized carbons (Fsp3) is 0.429. The molecule has 2 aliphatic heterocycles. The number of nitrogens with one attached hydrogen (secondary N) is 3. The molecule has 2 bridgehead atoms. The topological polar surface area (TPSA) is 110 Å². The van der Waals surface area contributed by atoms with Gasteiger partial charge in [-0.1, -0.05) is 44.2 Å². The van der Waals surface area contributed by atoms with Crippen molar-refractivity contribution in [1.29, 1.82) is 0 Å². The molecule has 3 N–H and O–H groups in total. The van der Waals surface area contributed by atoms with E-state index < -0.39 is 5.92 Å². The Balaban J connectivity index is 0.930. The van der Waals surface area contributed by atoms with Gasteiger partial charge in [0.15, 0.2) is 0 Å². The van der Waals surface area contributed by atoms with Gasteiger partial charge in [-0.05, 0) is 109 Å². The first kappa shape index (κ1) is 32.7. The van der Waals surface area contributed by atoms with Gasteiger partial charge >= 0.3 is 0 Å². The lowest BCUT2D eigenvalue weighted by atomic mass is 9.95. The monoisotopic (exact) mass is 715 g/mol. The van der Waals surface area contributed by atoms with E-state index in [4.69, 9.17) is 4.98 Å². The molecule has 2 saturated heterocycles. The summed E-state index contributed by atoms with van der Waals surface area (Å²) in [7, 11) is 1.85. The van der Waals surface area contributed by atoms with E-state index in [1.165, 1.54) is 0 Å². The van der Waals surface area contributed by atoms with Crippen molar-refractivity contribution >= 4 is 23.4 Å². The van der Waals surface area contributed by atoms with E-state index in [0.29, 0.717) is 39.7 Å². The van der Waals surface area contributed by atoms with E-state index in [1.807, 2.05) is 42.3 Å². The van der Waals surface area contributed by atoms with Gasteiger partial charge in [-0.25, -0.2) is 9.97 Å². The second kappa shape index (κ2) is 11.5. The highest BCUT2D eigenvalue weighted by Crippen LogP contribution is 2.58. The highest BCUT2D eigenvalue weighted by molar-refractivity contribution is 5.87. The van der Waals surface area contributed by atoms with Gasteiger partial charge in [-0.3, -0.25) is 9.59 Å². The van der Waals surface area contributed by atoms with Gasteiger partial charge in [0.2, 0.25) is 12.3 Å². The van der Waals surface area contributed by atoms with Crippen molar-refractivity contribution in [3.63, 3.8) is 0 Å². The van der Waals surface area contributed by atoms with E-state index in [1.54, 1.807) is 30.5 Å². The van der Waals surface area contributed by atoms with Crippen LogP contribution < -0.4 is 5.32 Å². The first-order chi connectivity index (χ1) is 25.6. The molecule has 53 heavy (non-hydrogen) atoms. The lowest BCUT2D eigenvalue weighted by Crippen LogP contribution is -2.51. The zero-order valence-corrected chi connectivity index (χ0v) is 30.1. The number of benzene rings is 3. The number of alkyl halides is 2. The van der Waals surface area contributed by atoms with Crippen LogP contribution in [0.5, 0.6) is 0 Å². The van der Waals surface area contributed by atoms with Crippen LogP contribution in [0.25, 0.3) is 44.5 Å². The number of likely N-dealkylation sites (tertiary alicyclic amines) is 2. The number of hydrogen-bond donors (Lipinski definition) is 3. The molecule has 3 aliphatic carbocycles. The van der Waals surface area contributed by atoms with Crippen LogP contribution in [0.3, 0.4) is 0 Å². The number of amides is 2. The van der Waals surface area contributed by atoms with Crippen LogP contribution in [-0.2, 0) is 15.5 Å². The average molecular weight is 716 g/mol. The molecule has 2 amide bonds. The van der Waals surface area contributed by atoms with Gasteiger partial charge in [0.1, 0.15) is 11.6 Å². The number of halogens is 2. The Kier molecular flexibility index (Phi) is 7.13. The van der Waals surface area contributed by atoms with E-state index in [0.717, 1.165) is 73.9 Å². The largest absolute Gasteiger partial charge is 0.340 e. The summed E-state index contributed by atoms with van der Waals surface area (Å²) in [5, 5.41) is 3.23. The van der Waals surface area contributed by atoms with Crippen molar-refractivity contribution in [1.82, 2.24) is 35.1 Å². The van der Waals surface area contributed by atoms with Crippen LogP contribution >= 0.6 is 0 Å². The molecule has 5 unspecified atom stereocenters. The molecule has 1 spiro atoms. The number of nitrogens with zero attached hydrogens (tertiary/aromatic N) is 4. The number of carbonyl (C=O) groups is 2.